The predicted molar refractivity (Wildman–Crippen MR) is 205 cm³/mol. The van der Waals surface area contributed by atoms with Crippen LogP contribution in [0.25, 0.3) is 21.5 Å². The fraction of sp³-hybridized carbons (Fsp3) is 0.545. The lowest BCUT2D eigenvalue weighted by atomic mass is 10.00. The Morgan fingerprint density at radius 2 is 0.711 bits per heavy atom. The molecule has 0 N–H and O–H groups in total. The van der Waals surface area contributed by atoms with Gasteiger partial charge in [-0.2, -0.15) is 0 Å². The number of unbranched alkanes of at least 4 members (excludes halogenated alkanes) is 16. The number of benzene rings is 4. The van der Waals surface area contributed by atoms with Crippen LogP contribution in [0.3, 0.4) is 0 Å². The Labute approximate surface area is 281 Å². The van der Waals surface area contributed by atoms with Crippen molar-refractivity contribution in [1.29, 1.82) is 0 Å². The molecular formula is C44H62S. The summed E-state index contributed by atoms with van der Waals surface area (Å²) in [6.07, 6.45) is 27.6. The molecule has 0 bridgehead atoms. The van der Waals surface area contributed by atoms with Crippen molar-refractivity contribution in [2.75, 3.05) is 0 Å². The van der Waals surface area contributed by atoms with Crippen molar-refractivity contribution in [1.82, 2.24) is 0 Å². The molecule has 45 heavy (non-hydrogen) atoms. The van der Waals surface area contributed by atoms with Gasteiger partial charge in [0.2, 0.25) is 0 Å². The molecular weight excluding hydrogens is 561 g/mol. The largest absolute Gasteiger partial charge is 0.146 e. The number of hydrogen-bond acceptors (Lipinski definition) is 1. The van der Waals surface area contributed by atoms with Gasteiger partial charge in [0, 0.05) is 10.5 Å². The molecule has 2 atom stereocenters. The van der Waals surface area contributed by atoms with Crippen LogP contribution in [0.15, 0.2) is 84.9 Å². The first-order chi connectivity index (χ1) is 22.3. The van der Waals surface area contributed by atoms with E-state index in [1.54, 1.807) is 0 Å². The van der Waals surface area contributed by atoms with Gasteiger partial charge < -0.3 is 0 Å². The van der Waals surface area contributed by atoms with Crippen molar-refractivity contribution in [3.63, 3.8) is 0 Å². The second kappa shape index (κ2) is 21.5. The summed E-state index contributed by atoms with van der Waals surface area (Å²) in [5.74, 6) is 0. The summed E-state index contributed by atoms with van der Waals surface area (Å²) in [5, 5.41) is 6.55. The highest BCUT2D eigenvalue weighted by atomic mass is 32.2. The molecule has 0 fully saturated rings. The second-order valence-electron chi connectivity index (χ2n) is 13.6. The van der Waals surface area contributed by atoms with E-state index in [4.69, 9.17) is 0 Å². The minimum absolute atomic E-state index is 0.536. The number of rotatable bonds is 24. The molecule has 0 aromatic heterocycles. The Morgan fingerprint density at radius 3 is 1.09 bits per heavy atom. The molecule has 0 aliphatic heterocycles. The Kier molecular flexibility index (Phi) is 17.0. The van der Waals surface area contributed by atoms with Gasteiger partial charge in [-0.3, -0.25) is 0 Å². The fourth-order valence-corrected chi connectivity index (χ4v) is 8.53. The van der Waals surface area contributed by atoms with Gasteiger partial charge in [0.1, 0.15) is 0 Å². The van der Waals surface area contributed by atoms with Crippen LogP contribution in [-0.2, 0) is 0 Å². The molecule has 0 nitrogen and oxygen atoms in total. The summed E-state index contributed by atoms with van der Waals surface area (Å²) in [5.41, 5.74) is 3.05. The van der Waals surface area contributed by atoms with E-state index in [-0.39, 0.29) is 0 Å². The Balaban J connectivity index is 1.43. The maximum Gasteiger partial charge on any atom is 0.0303 e. The Hall–Kier alpha value is -2.25. The lowest BCUT2D eigenvalue weighted by Gasteiger charge is -2.25. The monoisotopic (exact) mass is 622 g/mol. The SMILES string of the molecule is CCCCCCCCCCCC(SC(CCCCCCCCCCC)c1ccc2ccccc2c1)c1ccc2ccccc2c1. The maximum atomic E-state index is 2.50. The van der Waals surface area contributed by atoms with Gasteiger partial charge in [-0.05, 0) is 45.5 Å². The van der Waals surface area contributed by atoms with Crippen LogP contribution in [0, 0.1) is 0 Å². The van der Waals surface area contributed by atoms with E-state index < -0.39 is 0 Å². The highest BCUT2D eigenvalue weighted by molar-refractivity contribution is 7.99. The minimum atomic E-state index is 0.536. The van der Waals surface area contributed by atoms with Gasteiger partial charge in [0.05, 0.1) is 0 Å². The normalized spacial score (nSPS) is 13.0. The molecule has 244 valence electrons. The standard InChI is InChI=1S/C44H62S/c1-3-5-7-9-11-13-15-17-19-29-43(41-33-31-37-25-21-23-27-39(37)35-41)45-44(30-20-18-16-14-12-10-8-6-4-2)42-34-32-38-26-22-24-28-40(38)36-42/h21-28,31-36,43-44H,3-20,29-30H2,1-2H3. The van der Waals surface area contributed by atoms with E-state index in [0.717, 1.165) is 0 Å². The minimum Gasteiger partial charge on any atom is -0.146 e. The lowest BCUT2D eigenvalue weighted by molar-refractivity contribution is 0.551. The van der Waals surface area contributed by atoms with Crippen LogP contribution in [0.5, 0.6) is 0 Å². The molecule has 0 aliphatic rings. The summed E-state index contributed by atoms with van der Waals surface area (Å²) in [6, 6.07) is 32.4. The first-order valence-electron chi connectivity index (χ1n) is 18.9. The van der Waals surface area contributed by atoms with Crippen molar-refractivity contribution in [2.45, 2.75) is 153 Å². The molecule has 0 saturated heterocycles. The van der Waals surface area contributed by atoms with E-state index in [0.29, 0.717) is 10.5 Å². The molecule has 4 aromatic carbocycles. The molecule has 0 aliphatic carbocycles. The third-order valence-corrected chi connectivity index (χ3v) is 11.4. The second-order valence-corrected chi connectivity index (χ2v) is 15.0. The average Bonchev–Trinajstić information content (AvgIpc) is 3.08. The van der Waals surface area contributed by atoms with Crippen LogP contribution >= 0.6 is 11.8 Å². The van der Waals surface area contributed by atoms with E-state index >= 15 is 0 Å². The zero-order valence-electron chi connectivity index (χ0n) is 28.8. The topological polar surface area (TPSA) is 0 Å². The summed E-state index contributed by atoms with van der Waals surface area (Å²) in [6.45, 7) is 4.62. The number of fused-ring (bicyclic) bond motifs is 2. The van der Waals surface area contributed by atoms with Crippen molar-refractivity contribution in [2.24, 2.45) is 0 Å². The van der Waals surface area contributed by atoms with Gasteiger partial charge in [-0.15, -0.1) is 11.8 Å². The molecule has 4 rings (SSSR count). The van der Waals surface area contributed by atoms with Gasteiger partial charge in [0.15, 0.2) is 0 Å². The first kappa shape index (κ1) is 35.6. The van der Waals surface area contributed by atoms with Gasteiger partial charge in [-0.25, -0.2) is 0 Å². The smallest absolute Gasteiger partial charge is 0.0303 e. The third-order valence-electron chi connectivity index (χ3n) is 9.76. The molecule has 4 aromatic rings. The molecule has 0 saturated carbocycles. The van der Waals surface area contributed by atoms with E-state index in [1.807, 2.05) is 0 Å². The van der Waals surface area contributed by atoms with Gasteiger partial charge in [0.25, 0.3) is 0 Å². The van der Waals surface area contributed by atoms with Crippen molar-refractivity contribution in [3.8, 4) is 0 Å². The summed E-state index contributed by atoms with van der Waals surface area (Å²) in [7, 11) is 0. The molecule has 0 spiro atoms. The van der Waals surface area contributed by atoms with E-state index in [2.05, 4.69) is 111 Å². The molecule has 0 heterocycles. The van der Waals surface area contributed by atoms with Crippen LogP contribution < -0.4 is 0 Å². The van der Waals surface area contributed by atoms with Gasteiger partial charge >= 0.3 is 0 Å². The lowest BCUT2D eigenvalue weighted by Crippen LogP contribution is -2.02. The zero-order valence-corrected chi connectivity index (χ0v) is 29.6. The zero-order chi connectivity index (χ0) is 31.4. The van der Waals surface area contributed by atoms with Gasteiger partial charge in [-0.1, -0.05) is 214 Å². The Bertz CT molecular complexity index is 1240. The fourth-order valence-electron chi connectivity index (χ4n) is 6.92. The third kappa shape index (κ3) is 12.8. The highest BCUT2D eigenvalue weighted by Gasteiger charge is 2.21. The van der Waals surface area contributed by atoms with Crippen LogP contribution in [0.2, 0.25) is 0 Å². The summed E-state index contributed by atoms with van der Waals surface area (Å²) >= 11 is 2.27. The van der Waals surface area contributed by atoms with Crippen LogP contribution in [0.1, 0.15) is 164 Å². The molecule has 0 amide bonds. The van der Waals surface area contributed by atoms with Crippen LogP contribution in [-0.4, -0.2) is 0 Å². The number of thioether (sulfide) groups is 1. The first-order valence-corrected chi connectivity index (χ1v) is 19.9. The number of hydrogen-bond donors (Lipinski definition) is 0. The van der Waals surface area contributed by atoms with E-state index in [9.17, 15) is 0 Å². The van der Waals surface area contributed by atoms with Crippen molar-refractivity contribution < 1.29 is 0 Å². The van der Waals surface area contributed by atoms with Crippen molar-refractivity contribution >= 4 is 33.3 Å². The van der Waals surface area contributed by atoms with Crippen LogP contribution in [0.4, 0.5) is 0 Å². The Morgan fingerprint density at radius 1 is 0.378 bits per heavy atom. The predicted octanol–water partition coefficient (Wildman–Crippen LogP) is 15.4. The quantitative estimate of drug-likeness (QED) is 0.0701. The highest BCUT2D eigenvalue weighted by Crippen LogP contribution is 2.47. The molecule has 2 unspecified atom stereocenters. The summed E-state index contributed by atoms with van der Waals surface area (Å²) in [4.78, 5) is 0. The average molecular weight is 623 g/mol. The summed E-state index contributed by atoms with van der Waals surface area (Å²) < 4.78 is 0. The molecule has 1 heteroatoms. The van der Waals surface area contributed by atoms with Crippen molar-refractivity contribution in [3.05, 3.63) is 96.1 Å². The maximum absolute atomic E-state index is 2.50. The van der Waals surface area contributed by atoms with E-state index in [1.165, 1.54) is 161 Å². The molecule has 0 radical (unpaired) electrons.